The smallest absolute Gasteiger partial charge is 0.0765 e. The molecule has 2 aromatic rings. The SMILES string of the molecule is C(=C(c1ccccc1)c1ccccc1)C1CCCO1. The summed E-state index contributed by atoms with van der Waals surface area (Å²) in [5.74, 6) is 0. The van der Waals surface area contributed by atoms with Crippen LogP contribution in [0.25, 0.3) is 5.57 Å². The number of ether oxygens (including phenoxy) is 1. The van der Waals surface area contributed by atoms with Crippen molar-refractivity contribution in [2.45, 2.75) is 18.9 Å². The number of hydrogen-bond acceptors (Lipinski definition) is 1. The monoisotopic (exact) mass is 250 g/mol. The first-order valence-corrected chi connectivity index (χ1v) is 6.88. The van der Waals surface area contributed by atoms with Crippen LogP contribution in [0.2, 0.25) is 0 Å². The summed E-state index contributed by atoms with van der Waals surface area (Å²) in [5.41, 5.74) is 3.78. The molecule has 0 N–H and O–H groups in total. The molecule has 1 aliphatic heterocycles. The fourth-order valence-corrected chi connectivity index (χ4v) is 2.51. The summed E-state index contributed by atoms with van der Waals surface area (Å²) >= 11 is 0. The van der Waals surface area contributed by atoms with Gasteiger partial charge < -0.3 is 4.74 Å². The molecule has 96 valence electrons. The Labute approximate surface area is 114 Å². The van der Waals surface area contributed by atoms with Gasteiger partial charge in [0.2, 0.25) is 0 Å². The van der Waals surface area contributed by atoms with Crippen molar-refractivity contribution in [1.82, 2.24) is 0 Å². The van der Waals surface area contributed by atoms with Crippen LogP contribution in [-0.4, -0.2) is 12.7 Å². The van der Waals surface area contributed by atoms with Gasteiger partial charge >= 0.3 is 0 Å². The van der Waals surface area contributed by atoms with E-state index in [1.807, 2.05) is 0 Å². The molecule has 1 heterocycles. The lowest BCUT2D eigenvalue weighted by atomic mass is 9.96. The van der Waals surface area contributed by atoms with Crippen molar-refractivity contribution >= 4 is 5.57 Å². The van der Waals surface area contributed by atoms with Gasteiger partial charge in [0.25, 0.3) is 0 Å². The van der Waals surface area contributed by atoms with E-state index in [1.54, 1.807) is 0 Å². The van der Waals surface area contributed by atoms with Crippen molar-refractivity contribution in [2.24, 2.45) is 0 Å². The molecule has 1 heteroatoms. The van der Waals surface area contributed by atoms with Gasteiger partial charge in [-0.3, -0.25) is 0 Å². The second-order valence-corrected chi connectivity index (χ2v) is 4.86. The van der Waals surface area contributed by atoms with Crippen LogP contribution in [0.15, 0.2) is 66.7 Å². The van der Waals surface area contributed by atoms with Crippen LogP contribution in [-0.2, 0) is 4.74 Å². The third-order valence-corrected chi connectivity index (χ3v) is 3.49. The van der Waals surface area contributed by atoms with Gasteiger partial charge in [-0.25, -0.2) is 0 Å². The summed E-state index contributed by atoms with van der Waals surface area (Å²) in [4.78, 5) is 0. The van der Waals surface area contributed by atoms with Gasteiger partial charge in [0.05, 0.1) is 6.10 Å². The molecule has 0 spiro atoms. The van der Waals surface area contributed by atoms with E-state index in [1.165, 1.54) is 16.7 Å². The van der Waals surface area contributed by atoms with E-state index in [0.29, 0.717) is 0 Å². The maximum absolute atomic E-state index is 5.75. The van der Waals surface area contributed by atoms with Crippen molar-refractivity contribution in [2.75, 3.05) is 6.61 Å². The Hall–Kier alpha value is -1.86. The Morgan fingerprint density at radius 1 is 0.895 bits per heavy atom. The Morgan fingerprint density at radius 3 is 1.95 bits per heavy atom. The molecule has 3 rings (SSSR count). The van der Waals surface area contributed by atoms with E-state index in [0.717, 1.165) is 19.4 Å². The van der Waals surface area contributed by atoms with Gasteiger partial charge in [0.15, 0.2) is 0 Å². The fraction of sp³-hybridized carbons (Fsp3) is 0.222. The minimum atomic E-state index is 0.260. The van der Waals surface area contributed by atoms with E-state index in [9.17, 15) is 0 Å². The average molecular weight is 250 g/mol. The Morgan fingerprint density at radius 2 is 1.47 bits per heavy atom. The van der Waals surface area contributed by atoms with Crippen molar-refractivity contribution in [1.29, 1.82) is 0 Å². The van der Waals surface area contributed by atoms with Crippen LogP contribution in [0.3, 0.4) is 0 Å². The quantitative estimate of drug-likeness (QED) is 0.789. The highest BCUT2D eigenvalue weighted by molar-refractivity contribution is 5.80. The standard InChI is InChI=1S/C18H18O/c1-3-8-15(9-4-1)18(14-17-12-7-13-19-17)16-10-5-2-6-11-16/h1-6,8-11,14,17H,7,12-13H2. The highest BCUT2D eigenvalue weighted by Crippen LogP contribution is 2.26. The first kappa shape index (κ1) is 12.2. The predicted octanol–water partition coefficient (Wildman–Crippen LogP) is 4.30. The highest BCUT2D eigenvalue weighted by Gasteiger charge is 2.15. The minimum Gasteiger partial charge on any atom is -0.374 e. The minimum absolute atomic E-state index is 0.260. The first-order chi connectivity index (χ1) is 9.43. The van der Waals surface area contributed by atoms with Gasteiger partial charge in [-0.15, -0.1) is 0 Å². The maximum atomic E-state index is 5.75. The molecule has 1 atom stereocenters. The van der Waals surface area contributed by atoms with E-state index in [4.69, 9.17) is 4.74 Å². The molecule has 1 saturated heterocycles. The van der Waals surface area contributed by atoms with Crippen LogP contribution in [0.1, 0.15) is 24.0 Å². The predicted molar refractivity (Wildman–Crippen MR) is 78.9 cm³/mol. The first-order valence-electron chi connectivity index (χ1n) is 6.88. The van der Waals surface area contributed by atoms with Crippen molar-refractivity contribution in [3.63, 3.8) is 0 Å². The van der Waals surface area contributed by atoms with Crippen molar-refractivity contribution in [3.05, 3.63) is 77.9 Å². The molecule has 0 aromatic heterocycles. The van der Waals surface area contributed by atoms with E-state index in [-0.39, 0.29) is 6.10 Å². The lowest BCUT2D eigenvalue weighted by Gasteiger charge is -2.11. The van der Waals surface area contributed by atoms with Crippen LogP contribution in [0.5, 0.6) is 0 Å². The van der Waals surface area contributed by atoms with Crippen LogP contribution >= 0.6 is 0 Å². The van der Waals surface area contributed by atoms with E-state index < -0.39 is 0 Å². The summed E-state index contributed by atoms with van der Waals surface area (Å²) in [7, 11) is 0. The zero-order valence-corrected chi connectivity index (χ0v) is 11.0. The summed E-state index contributed by atoms with van der Waals surface area (Å²) < 4.78 is 5.75. The largest absolute Gasteiger partial charge is 0.374 e. The van der Waals surface area contributed by atoms with Crippen molar-refractivity contribution < 1.29 is 4.74 Å². The van der Waals surface area contributed by atoms with Crippen LogP contribution in [0, 0.1) is 0 Å². The molecule has 1 aliphatic rings. The second-order valence-electron chi connectivity index (χ2n) is 4.86. The third-order valence-electron chi connectivity index (χ3n) is 3.49. The van der Waals surface area contributed by atoms with Gasteiger partial charge in [-0.2, -0.15) is 0 Å². The molecular formula is C18H18O. The molecule has 2 aromatic carbocycles. The Kier molecular flexibility index (Phi) is 3.75. The molecule has 1 nitrogen and oxygen atoms in total. The molecular weight excluding hydrogens is 232 g/mol. The molecule has 0 aliphatic carbocycles. The Bertz CT molecular complexity index is 495. The molecule has 0 amide bonds. The molecule has 1 unspecified atom stereocenters. The zero-order chi connectivity index (χ0) is 12.9. The normalized spacial score (nSPS) is 18.2. The topological polar surface area (TPSA) is 9.23 Å². The highest BCUT2D eigenvalue weighted by atomic mass is 16.5. The van der Waals surface area contributed by atoms with E-state index in [2.05, 4.69) is 66.7 Å². The number of benzene rings is 2. The third kappa shape index (κ3) is 2.94. The number of hydrogen-bond donors (Lipinski definition) is 0. The van der Waals surface area contributed by atoms with Crippen LogP contribution in [0.4, 0.5) is 0 Å². The van der Waals surface area contributed by atoms with Gasteiger partial charge in [0.1, 0.15) is 0 Å². The van der Waals surface area contributed by atoms with Gasteiger partial charge in [0, 0.05) is 6.61 Å². The average Bonchev–Trinajstić information content (AvgIpc) is 3.00. The maximum Gasteiger partial charge on any atom is 0.0765 e. The number of rotatable bonds is 3. The lowest BCUT2D eigenvalue weighted by molar-refractivity contribution is 0.146. The van der Waals surface area contributed by atoms with E-state index >= 15 is 0 Å². The Balaban J connectivity index is 2.01. The van der Waals surface area contributed by atoms with Crippen LogP contribution < -0.4 is 0 Å². The van der Waals surface area contributed by atoms with Crippen molar-refractivity contribution in [3.8, 4) is 0 Å². The molecule has 0 saturated carbocycles. The second kappa shape index (κ2) is 5.85. The zero-order valence-electron chi connectivity index (χ0n) is 11.0. The summed E-state index contributed by atoms with van der Waals surface area (Å²) in [6, 6.07) is 21.1. The van der Waals surface area contributed by atoms with Gasteiger partial charge in [-0.05, 0) is 35.6 Å². The summed E-state index contributed by atoms with van der Waals surface area (Å²) in [5, 5.41) is 0. The lowest BCUT2D eigenvalue weighted by Crippen LogP contribution is -2.02. The molecule has 0 radical (unpaired) electrons. The molecule has 0 bridgehead atoms. The molecule has 19 heavy (non-hydrogen) atoms. The fourth-order valence-electron chi connectivity index (χ4n) is 2.51. The summed E-state index contributed by atoms with van der Waals surface area (Å²) in [6.07, 6.45) is 4.83. The molecule has 1 fully saturated rings. The summed E-state index contributed by atoms with van der Waals surface area (Å²) in [6.45, 7) is 0.887. The van der Waals surface area contributed by atoms with Gasteiger partial charge in [-0.1, -0.05) is 60.7 Å².